The largest absolute Gasteiger partial charge is 0.416 e. The number of benzene rings is 2. The van der Waals surface area contributed by atoms with Gasteiger partial charge in [-0.2, -0.15) is 13.2 Å². The number of rotatable bonds is 6. The van der Waals surface area contributed by atoms with Gasteiger partial charge in [0.2, 0.25) is 5.91 Å². The molecule has 4 nitrogen and oxygen atoms in total. The molecule has 0 N–H and O–H groups in total. The summed E-state index contributed by atoms with van der Waals surface area (Å²) < 4.78 is 53.0. The van der Waals surface area contributed by atoms with Gasteiger partial charge in [-0.05, 0) is 59.3 Å². The quantitative estimate of drug-likeness (QED) is 0.320. The molecule has 0 saturated heterocycles. The molecule has 0 fully saturated rings. The van der Waals surface area contributed by atoms with Gasteiger partial charge >= 0.3 is 6.18 Å². The summed E-state index contributed by atoms with van der Waals surface area (Å²) in [6.07, 6.45) is -2.54. The van der Waals surface area contributed by atoms with Gasteiger partial charge in [0.15, 0.2) is 0 Å². The third-order valence-electron chi connectivity index (χ3n) is 5.87. The molecule has 1 aliphatic rings. The van der Waals surface area contributed by atoms with Crippen molar-refractivity contribution in [3.05, 3.63) is 106 Å². The van der Waals surface area contributed by atoms with Crippen molar-refractivity contribution in [2.45, 2.75) is 18.6 Å². The monoisotopic (exact) mass is 502 g/mol. The van der Waals surface area contributed by atoms with Crippen molar-refractivity contribution < 1.29 is 27.2 Å². The average Bonchev–Trinajstić information content (AvgIpc) is 3.32. The van der Waals surface area contributed by atoms with Gasteiger partial charge in [0, 0.05) is 23.5 Å². The fourth-order valence-corrected chi connectivity index (χ4v) is 5.13. The van der Waals surface area contributed by atoms with Crippen LogP contribution in [0.2, 0.25) is 0 Å². The fourth-order valence-electron chi connectivity index (χ4n) is 4.23. The third kappa shape index (κ3) is 5.30. The molecule has 1 unspecified atom stereocenters. The van der Waals surface area contributed by atoms with E-state index < -0.39 is 29.5 Å². The van der Waals surface area contributed by atoms with Gasteiger partial charge in [0.1, 0.15) is 12.4 Å². The molecule has 35 heavy (non-hydrogen) atoms. The Bertz CT molecular complexity index is 1240. The first-order valence-corrected chi connectivity index (χ1v) is 11.8. The van der Waals surface area contributed by atoms with Crippen LogP contribution in [0.4, 0.5) is 17.6 Å². The van der Waals surface area contributed by atoms with Crippen LogP contribution >= 0.6 is 11.3 Å². The number of thiophene rings is 1. The summed E-state index contributed by atoms with van der Waals surface area (Å²) in [5.74, 6) is -1.45. The van der Waals surface area contributed by atoms with Crippen LogP contribution in [0, 0.1) is 5.82 Å². The predicted octanol–water partition coefficient (Wildman–Crippen LogP) is 5.71. The molecule has 1 atom stereocenters. The summed E-state index contributed by atoms with van der Waals surface area (Å²) in [7, 11) is 0. The number of carbonyl (C=O) groups is 2. The van der Waals surface area contributed by atoms with Crippen molar-refractivity contribution in [2.24, 2.45) is 0 Å². The van der Waals surface area contributed by atoms with Crippen molar-refractivity contribution in [3.8, 4) is 0 Å². The van der Waals surface area contributed by atoms with Crippen LogP contribution < -0.4 is 0 Å². The first-order valence-electron chi connectivity index (χ1n) is 10.9. The highest BCUT2D eigenvalue weighted by Crippen LogP contribution is 2.38. The molecule has 1 aliphatic heterocycles. The van der Waals surface area contributed by atoms with Crippen molar-refractivity contribution >= 4 is 23.2 Å². The molecule has 0 radical (unpaired) electrons. The summed E-state index contributed by atoms with van der Waals surface area (Å²) in [4.78, 5) is 30.5. The number of amides is 2. The minimum absolute atomic E-state index is 0.0143. The van der Waals surface area contributed by atoms with E-state index in [2.05, 4.69) is 6.58 Å². The van der Waals surface area contributed by atoms with Gasteiger partial charge in [0.05, 0.1) is 11.6 Å². The Balaban J connectivity index is 1.61. The molecule has 4 rings (SSSR count). The van der Waals surface area contributed by atoms with E-state index in [9.17, 15) is 27.2 Å². The zero-order valence-corrected chi connectivity index (χ0v) is 19.4. The van der Waals surface area contributed by atoms with E-state index in [4.69, 9.17) is 0 Å². The Morgan fingerprint density at radius 2 is 1.89 bits per heavy atom. The normalized spacial score (nSPS) is 15.4. The second-order valence-corrected chi connectivity index (χ2v) is 9.14. The summed E-state index contributed by atoms with van der Waals surface area (Å²) in [6.45, 7) is 3.66. The number of halogens is 4. The van der Waals surface area contributed by atoms with E-state index >= 15 is 0 Å². The van der Waals surface area contributed by atoms with E-state index in [1.165, 1.54) is 29.2 Å². The molecule has 2 heterocycles. The van der Waals surface area contributed by atoms with Gasteiger partial charge in [-0.1, -0.05) is 24.3 Å². The molecule has 0 aliphatic carbocycles. The van der Waals surface area contributed by atoms with Crippen molar-refractivity contribution in [1.29, 1.82) is 0 Å². The lowest BCUT2D eigenvalue weighted by atomic mass is 9.93. The smallest absolute Gasteiger partial charge is 0.330 e. The Morgan fingerprint density at radius 1 is 1.14 bits per heavy atom. The van der Waals surface area contributed by atoms with Crippen LogP contribution in [0.5, 0.6) is 0 Å². The minimum Gasteiger partial charge on any atom is -0.330 e. The molecular weight excluding hydrogens is 480 g/mol. The summed E-state index contributed by atoms with van der Waals surface area (Å²) in [5, 5.41) is 1.94. The highest BCUT2D eigenvalue weighted by molar-refractivity contribution is 7.10. The van der Waals surface area contributed by atoms with E-state index in [1.54, 1.807) is 28.4 Å². The fraction of sp³-hybridized carbons (Fsp3) is 0.231. The van der Waals surface area contributed by atoms with Gasteiger partial charge < -0.3 is 9.80 Å². The Labute approximate surface area is 204 Å². The van der Waals surface area contributed by atoms with Gasteiger partial charge in [-0.25, -0.2) is 4.39 Å². The molecule has 0 spiro atoms. The average molecular weight is 503 g/mol. The predicted molar refractivity (Wildman–Crippen MR) is 126 cm³/mol. The molecule has 9 heteroatoms. The van der Waals surface area contributed by atoms with E-state index in [-0.39, 0.29) is 24.6 Å². The number of hydrogen-bond acceptors (Lipinski definition) is 3. The summed E-state index contributed by atoms with van der Waals surface area (Å²) in [5.41, 5.74) is 0.577. The van der Waals surface area contributed by atoms with Crippen molar-refractivity contribution in [3.63, 3.8) is 0 Å². The lowest BCUT2D eigenvalue weighted by Crippen LogP contribution is -2.46. The van der Waals surface area contributed by atoms with Gasteiger partial charge in [0.25, 0.3) is 5.91 Å². The summed E-state index contributed by atoms with van der Waals surface area (Å²) in [6, 6.07) is 11.5. The topological polar surface area (TPSA) is 40.6 Å². The van der Waals surface area contributed by atoms with Crippen LogP contribution in [0.1, 0.15) is 38.0 Å². The first-order chi connectivity index (χ1) is 16.7. The number of carbonyl (C=O) groups excluding carboxylic acids is 2. The zero-order valence-electron chi connectivity index (χ0n) is 18.6. The van der Waals surface area contributed by atoms with Crippen LogP contribution in [-0.4, -0.2) is 41.2 Å². The number of fused-ring (bicyclic) bond motifs is 1. The Kier molecular flexibility index (Phi) is 7.07. The Hall–Kier alpha value is -3.46. The van der Waals surface area contributed by atoms with Crippen LogP contribution in [-0.2, 0) is 17.4 Å². The summed E-state index contributed by atoms with van der Waals surface area (Å²) >= 11 is 1.59. The molecule has 182 valence electrons. The van der Waals surface area contributed by atoms with Crippen molar-refractivity contribution in [1.82, 2.24) is 9.80 Å². The second-order valence-electron chi connectivity index (χ2n) is 8.14. The van der Waals surface area contributed by atoms with E-state index in [0.29, 0.717) is 13.0 Å². The number of alkyl halides is 3. The van der Waals surface area contributed by atoms with E-state index in [1.807, 2.05) is 11.4 Å². The third-order valence-corrected chi connectivity index (χ3v) is 6.87. The maximum absolute atomic E-state index is 13.6. The lowest BCUT2D eigenvalue weighted by Gasteiger charge is -2.37. The Morgan fingerprint density at radius 3 is 2.57 bits per heavy atom. The molecule has 0 bridgehead atoms. The maximum atomic E-state index is 13.6. The number of hydrogen-bond donors (Lipinski definition) is 0. The standard InChI is InChI=1S/C26H22F4N2O2S/c1-2-12-31(25(34)18-4-3-5-19(15-18)26(28,29)30)16-23(33)32-13-10-22-21(11-14-35-22)24(32)17-6-8-20(27)9-7-17/h2-9,11,14-15,24H,1,10,12-13,16H2. The van der Waals surface area contributed by atoms with E-state index in [0.717, 1.165) is 34.2 Å². The van der Waals surface area contributed by atoms with Crippen molar-refractivity contribution in [2.75, 3.05) is 19.6 Å². The first kappa shape index (κ1) is 24.7. The van der Waals surface area contributed by atoms with Crippen LogP contribution in [0.25, 0.3) is 0 Å². The molecule has 3 aromatic rings. The zero-order chi connectivity index (χ0) is 25.2. The highest BCUT2D eigenvalue weighted by atomic mass is 32.1. The SMILES string of the molecule is C=CCN(CC(=O)N1CCc2sccc2C1c1ccc(F)cc1)C(=O)c1cccc(C(F)(F)F)c1. The van der Waals surface area contributed by atoms with Gasteiger partial charge in [-0.15, -0.1) is 17.9 Å². The van der Waals surface area contributed by atoms with Crippen LogP contribution in [0.15, 0.2) is 72.6 Å². The molecule has 2 amide bonds. The maximum Gasteiger partial charge on any atom is 0.416 e. The highest BCUT2D eigenvalue weighted by Gasteiger charge is 2.35. The molecule has 1 aromatic heterocycles. The molecular formula is C26H22F4N2O2S. The molecule has 0 saturated carbocycles. The minimum atomic E-state index is -4.59. The van der Waals surface area contributed by atoms with Crippen LogP contribution in [0.3, 0.4) is 0 Å². The lowest BCUT2D eigenvalue weighted by molar-refractivity contribution is -0.137. The molecule has 2 aromatic carbocycles. The van der Waals surface area contributed by atoms with Gasteiger partial charge in [-0.3, -0.25) is 9.59 Å². The second kappa shape index (κ2) is 10.0. The number of nitrogens with zero attached hydrogens (tertiary/aromatic N) is 2.